The molecule has 1 aliphatic rings. The summed E-state index contributed by atoms with van der Waals surface area (Å²) in [4.78, 5) is 23.3. The van der Waals surface area contributed by atoms with Gasteiger partial charge in [0.05, 0.1) is 15.8 Å². The van der Waals surface area contributed by atoms with Gasteiger partial charge < -0.3 is 9.67 Å². The van der Waals surface area contributed by atoms with E-state index in [1.807, 2.05) is 0 Å². The minimum Gasteiger partial charge on any atom is -0.477 e. The molecule has 1 heterocycles. The zero-order chi connectivity index (χ0) is 16.0. The van der Waals surface area contributed by atoms with E-state index < -0.39 is 28.6 Å². The Morgan fingerprint density at radius 3 is 2.68 bits per heavy atom. The number of carbonyl (C=O) groups is 1. The van der Waals surface area contributed by atoms with Crippen molar-refractivity contribution < 1.29 is 18.7 Å². The largest absolute Gasteiger partial charge is 0.477 e. The van der Waals surface area contributed by atoms with E-state index in [0.29, 0.717) is 5.75 Å². The molecule has 0 spiro atoms. The molecule has 0 atom stereocenters. The number of hydrogen-bond acceptors (Lipinski definition) is 3. The van der Waals surface area contributed by atoms with E-state index in [2.05, 4.69) is 0 Å². The lowest BCUT2D eigenvalue weighted by atomic mass is 10.1. The van der Waals surface area contributed by atoms with Gasteiger partial charge in [0.15, 0.2) is 5.82 Å². The first-order valence-corrected chi connectivity index (χ1v) is 7.87. The van der Waals surface area contributed by atoms with E-state index in [4.69, 9.17) is 5.11 Å². The SMILES string of the molecule is CCSc1c(F)cc2c(=O)c(C(=O)O)cn(C3CC3)c2c1F. The molecular weight excluding hydrogens is 312 g/mol. The third-order valence-corrected chi connectivity index (χ3v) is 4.58. The fourth-order valence-electron chi connectivity index (χ4n) is 2.49. The van der Waals surface area contributed by atoms with Crippen LogP contribution >= 0.6 is 11.8 Å². The summed E-state index contributed by atoms with van der Waals surface area (Å²) in [5.74, 6) is -2.53. The van der Waals surface area contributed by atoms with E-state index in [9.17, 15) is 18.4 Å². The number of hydrogen-bond donors (Lipinski definition) is 1. The van der Waals surface area contributed by atoms with Crippen molar-refractivity contribution in [3.8, 4) is 0 Å². The van der Waals surface area contributed by atoms with Gasteiger partial charge in [-0.05, 0) is 24.7 Å². The second-order valence-corrected chi connectivity index (χ2v) is 6.42. The van der Waals surface area contributed by atoms with Crippen LogP contribution in [0.3, 0.4) is 0 Å². The summed E-state index contributed by atoms with van der Waals surface area (Å²) in [7, 11) is 0. The van der Waals surface area contributed by atoms with Crippen LogP contribution in [-0.4, -0.2) is 21.4 Å². The first kappa shape index (κ1) is 15.0. The lowest BCUT2D eigenvalue weighted by Crippen LogP contribution is -2.20. The van der Waals surface area contributed by atoms with Crippen molar-refractivity contribution in [3.63, 3.8) is 0 Å². The minimum absolute atomic E-state index is 0.00477. The monoisotopic (exact) mass is 325 g/mol. The number of carboxylic acid groups (broad SMARTS) is 1. The molecule has 1 N–H and O–H groups in total. The molecule has 22 heavy (non-hydrogen) atoms. The molecule has 0 saturated heterocycles. The molecule has 0 bridgehead atoms. The number of aromatic nitrogens is 1. The molecule has 1 aliphatic carbocycles. The van der Waals surface area contributed by atoms with E-state index in [-0.39, 0.29) is 21.8 Å². The molecule has 1 aromatic heterocycles. The van der Waals surface area contributed by atoms with Crippen LogP contribution in [0, 0.1) is 11.6 Å². The van der Waals surface area contributed by atoms with Gasteiger partial charge in [-0.2, -0.15) is 0 Å². The molecule has 4 nitrogen and oxygen atoms in total. The molecule has 1 fully saturated rings. The maximum atomic E-state index is 14.7. The van der Waals surface area contributed by atoms with Crippen LogP contribution < -0.4 is 5.43 Å². The number of benzene rings is 1. The maximum Gasteiger partial charge on any atom is 0.341 e. The van der Waals surface area contributed by atoms with Crippen LogP contribution in [0.4, 0.5) is 8.78 Å². The first-order chi connectivity index (χ1) is 10.5. The number of fused-ring (bicyclic) bond motifs is 1. The quantitative estimate of drug-likeness (QED) is 0.875. The predicted octanol–water partition coefficient (Wildman–Crippen LogP) is 3.42. The molecule has 1 aromatic carbocycles. The van der Waals surface area contributed by atoms with Crippen LogP contribution in [0.25, 0.3) is 10.9 Å². The number of halogens is 2. The average molecular weight is 325 g/mol. The van der Waals surface area contributed by atoms with E-state index in [1.54, 1.807) is 6.92 Å². The second kappa shape index (κ2) is 5.39. The van der Waals surface area contributed by atoms with Crippen molar-refractivity contribution in [3.05, 3.63) is 39.7 Å². The standard InChI is InChI=1S/C15H13F2NO3S/c1-2-22-14-10(16)5-8-12(11(14)17)18(7-3-4-7)6-9(13(8)19)15(20)21/h5-7H,2-4H2,1H3,(H,20,21). The highest BCUT2D eigenvalue weighted by molar-refractivity contribution is 7.99. The second-order valence-electron chi connectivity index (χ2n) is 5.15. The number of pyridine rings is 1. The summed E-state index contributed by atoms with van der Waals surface area (Å²) in [6.07, 6.45) is 2.74. The van der Waals surface area contributed by atoms with Crippen LogP contribution in [0.5, 0.6) is 0 Å². The molecule has 3 rings (SSSR count). The molecule has 0 unspecified atom stereocenters. The molecule has 1 saturated carbocycles. The molecular formula is C15H13F2NO3S. The Labute approximate surface area is 128 Å². The normalized spacial score (nSPS) is 14.5. The summed E-state index contributed by atoms with van der Waals surface area (Å²) in [6, 6.07) is 0.907. The van der Waals surface area contributed by atoms with E-state index >= 15 is 0 Å². The Hall–Kier alpha value is -1.89. The Kier molecular flexibility index (Phi) is 3.68. The Bertz CT molecular complexity index is 843. The van der Waals surface area contributed by atoms with E-state index in [1.165, 1.54) is 10.8 Å². The summed E-state index contributed by atoms with van der Waals surface area (Å²) >= 11 is 1.02. The van der Waals surface area contributed by atoms with Gasteiger partial charge in [0, 0.05) is 12.2 Å². The van der Waals surface area contributed by atoms with Gasteiger partial charge in [-0.15, -0.1) is 11.8 Å². The summed E-state index contributed by atoms with van der Waals surface area (Å²) < 4.78 is 30.2. The minimum atomic E-state index is -1.39. The van der Waals surface area contributed by atoms with Crippen LogP contribution in [-0.2, 0) is 0 Å². The first-order valence-electron chi connectivity index (χ1n) is 6.88. The zero-order valence-electron chi connectivity index (χ0n) is 11.7. The van der Waals surface area contributed by atoms with Crippen LogP contribution in [0.15, 0.2) is 22.0 Å². The van der Waals surface area contributed by atoms with E-state index in [0.717, 1.165) is 30.7 Å². The van der Waals surface area contributed by atoms with Crippen LogP contribution in [0.1, 0.15) is 36.2 Å². The highest BCUT2D eigenvalue weighted by Gasteiger charge is 2.29. The summed E-state index contributed by atoms with van der Waals surface area (Å²) in [5, 5.41) is 8.90. The Balaban J connectivity index is 2.44. The van der Waals surface area contributed by atoms with Gasteiger partial charge in [0.2, 0.25) is 5.43 Å². The topological polar surface area (TPSA) is 59.3 Å². The fourth-order valence-corrected chi connectivity index (χ4v) is 3.20. The third-order valence-electron chi connectivity index (χ3n) is 3.63. The van der Waals surface area contributed by atoms with Gasteiger partial charge in [-0.1, -0.05) is 6.92 Å². The molecule has 0 aliphatic heterocycles. The smallest absolute Gasteiger partial charge is 0.341 e. The fraction of sp³-hybridized carbons (Fsp3) is 0.333. The highest BCUT2D eigenvalue weighted by atomic mass is 32.2. The van der Waals surface area contributed by atoms with Gasteiger partial charge in [-0.3, -0.25) is 4.79 Å². The average Bonchev–Trinajstić information content (AvgIpc) is 3.28. The summed E-state index contributed by atoms with van der Waals surface area (Å²) in [6.45, 7) is 1.77. The molecule has 116 valence electrons. The van der Waals surface area contributed by atoms with Crippen molar-refractivity contribution in [1.82, 2.24) is 4.57 Å². The van der Waals surface area contributed by atoms with Crippen molar-refractivity contribution >= 4 is 28.6 Å². The van der Waals surface area contributed by atoms with Crippen molar-refractivity contribution in [2.45, 2.75) is 30.7 Å². The Morgan fingerprint density at radius 2 is 2.14 bits per heavy atom. The van der Waals surface area contributed by atoms with Crippen LogP contribution in [0.2, 0.25) is 0 Å². The van der Waals surface area contributed by atoms with Crippen molar-refractivity contribution in [2.24, 2.45) is 0 Å². The maximum absolute atomic E-state index is 14.7. The van der Waals surface area contributed by atoms with Gasteiger partial charge in [0.1, 0.15) is 11.4 Å². The Morgan fingerprint density at radius 1 is 1.45 bits per heavy atom. The number of aromatic carboxylic acids is 1. The molecule has 7 heteroatoms. The van der Waals surface area contributed by atoms with Crippen molar-refractivity contribution in [1.29, 1.82) is 0 Å². The highest BCUT2D eigenvalue weighted by Crippen LogP contribution is 2.39. The molecule has 2 aromatic rings. The lowest BCUT2D eigenvalue weighted by Gasteiger charge is -2.14. The van der Waals surface area contributed by atoms with Crippen molar-refractivity contribution in [2.75, 3.05) is 5.75 Å². The summed E-state index contributed by atoms with van der Waals surface area (Å²) in [5.41, 5.74) is -1.32. The predicted molar refractivity (Wildman–Crippen MR) is 79.8 cm³/mol. The number of carboxylic acids is 1. The van der Waals surface area contributed by atoms with Gasteiger partial charge >= 0.3 is 5.97 Å². The number of rotatable bonds is 4. The van der Waals surface area contributed by atoms with Gasteiger partial charge in [0.25, 0.3) is 0 Å². The molecule has 0 amide bonds. The number of thioether (sulfide) groups is 1. The third kappa shape index (κ3) is 2.29. The number of nitrogens with zero attached hydrogens (tertiary/aromatic N) is 1. The molecule has 0 radical (unpaired) electrons. The zero-order valence-corrected chi connectivity index (χ0v) is 12.5. The van der Waals surface area contributed by atoms with Gasteiger partial charge in [-0.25, -0.2) is 13.6 Å². The lowest BCUT2D eigenvalue weighted by molar-refractivity contribution is 0.0695.